The first-order valence-electron chi connectivity index (χ1n) is 10.6. The van der Waals surface area contributed by atoms with Crippen molar-refractivity contribution in [3.8, 4) is 11.5 Å². The van der Waals surface area contributed by atoms with Crippen molar-refractivity contribution in [1.82, 2.24) is 9.80 Å². The quantitative estimate of drug-likeness (QED) is 0.515. The van der Waals surface area contributed by atoms with Crippen LogP contribution < -0.4 is 9.47 Å². The molecule has 2 aliphatic heterocycles. The van der Waals surface area contributed by atoms with Crippen LogP contribution in [0.5, 0.6) is 11.5 Å². The van der Waals surface area contributed by atoms with Gasteiger partial charge in [0.05, 0.1) is 31.4 Å². The molecule has 0 bridgehead atoms. The lowest BCUT2D eigenvalue weighted by molar-refractivity contribution is -0.137. The zero-order valence-electron chi connectivity index (χ0n) is 18.5. The first kappa shape index (κ1) is 21.6. The predicted molar refractivity (Wildman–Crippen MR) is 119 cm³/mol. The summed E-state index contributed by atoms with van der Waals surface area (Å²) in [6.07, 6.45) is 2.88. The average molecular weight is 434 g/mol. The number of benzene rings is 2. The highest BCUT2D eigenvalue weighted by atomic mass is 16.5. The van der Waals surface area contributed by atoms with Gasteiger partial charge in [0, 0.05) is 18.2 Å². The molecular weight excluding hydrogens is 408 g/mol. The van der Waals surface area contributed by atoms with Crippen LogP contribution in [0.4, 0.5) is 0 Å². The van der Waals surface area contributed by atoms with Crippen molar-refractivity contribution >= 4 is 17.7 Å². The highest BCUT2D eigenvalue weighted by molar-refractivity contribution is 6.22. The van der Waals surface area contributed by atoms with Gasteiger partial charge in [-0.1, -0.05) is 18.2 Å². The molecule has 7 nitrogen and oxygen atoms in total. The van der Waals surface area contributed by atoms with Crippen molar-refractivity contribution in [2.24, 2.45) is 0 Å². The second-order valence-electron chi connectivity index (χ2n) is 7.93. The van der Waals surface area contributed by atoms with Crippen LogP contribution in [0.25, 0.3) is 0 Å². The summed E-state index contributed by atoms with van der Waals surface area (Å²) in [7, 11) is 3.19. The number of imide groups is 1. The summed E-state index contributed by atoms with van der Waals surface area (Å²) >= 11 is 0. The maximum atomic E-state index is 13.6. The van der Waals surface area contributed by atoms with Gasteiger partial charge in [-0.05, 0) is 43.5 Å². The third-order valence-electron chi connectivity index (χ3n) is 6.23. The number of carbonyl (C=O) groups excluding carboxylic acids is 3. The van der Waals surface area contributed by atoms with Crippen molar-refractivity contribution in [3.05, 3.63) is 71.3 Å². The first-order chi connectivity index (χ1) is 15.4. The van der Waals surface area contributed by atoms with Gasteiger partial charge in [-0.15, -0.1) is 6.58 Å². The van der Waals surface area contributed by atoms with Crippen molar-refractivity contribution < 1.29 is 23.9 Å². The number of hydrogen-bond donors (Lipinski definition) is 0. The zero-order chi connectivity index (χ0) is 23.0. The zero-order valence-corrected chi connectivity index (χ0v) is 18.5. The minimum Gasteiger partial charge on any atom is -0.497 e. The van der Waals surface area contributed by atoms with Crippen molar-refractivity contribution in [2.75, 3.05) is 20.8 Å². The van der Waals surface area contributed by atoms with Crippen LogP contribution in [0.1, 0.15) is 51.2 Å². The van der Waals surface area contributed by atoms with Crippen molar-refractivity contribution in [2.45, 2.75) is 31.8 Å². The highest BCUT2D eigenvalue weighted by Gasteiger charge is 2.43. The van der Waals surface area contributed by atoms with E-state index in [4.69, 9.17) is 9.47 Å². The summed E-state index contributed by atoms with van der Waals surface area (Å²) in [5, 5.41) is 0. The summed E-state index contributed by atoms with van der Waals surface area (Å²) in [4.78, 5) is 42.2. The van der Waals surface area contributed by atoms with E-state index in [2.05, 4.69) is 6.58 Å². The molecule has 0 aromatic heterocycles. The summed E-state index contributed by atoms with van der Waals surface area (Å²) in [5.41, 5.74) is 2.61. The molecule has 0 radical (unpaired) electrons. The highest BCUT2D eigenvalue weighted by Crippen LogP contribution is 2.42. The molecule has 2 aliphatic rings. The number of fused-ring (bicyclic) bond motifs is 2. The van der Waals surface area contributed by atoms with Crippen LogP contribution in [-0.4, -0.2) is 54.3 Å². The minimum absolute atomic E-state index is 0.283. The lowest BCUT2D eigenvalue weighted by atomic mass is 9.89. The molecule has 0 N–H and O–H groups in total. The average Bonchev–Trinajstić information content (AvgIpc) is 3.07. The fraction of sp³-hybridized carbons (Fsp3) is 0.320. The Morgan fingerprint density at radius 2 is 1.81 bits per heavy atom. The summed E-state index contributed by atoms with van der Waals surface area (Å²) in [5.74, 6) is 0.168. The number of hydrogen-bond acceptors (Lipinski definition) is 5. The molecule has 0 aliphatic carbocycles. The van der Waals surface area contributed by atoms with Crippen LogP contribution in [0.2, 0.25) is 0 Å². The smallest absolute Gasteiger partial charge is 0.262 e. The Hall–Kier alpha value is -3.61. The van der Waals surface area contributed by atoms with Crippen molar-refractivity contribution in [1.29, 1.82) is 0 Å². The van der Waals surface area contributed by atoms with E-state index in [1.165, 1.54) is 0 Å². The Bertz CT molecular complexity index is 1060. The second kappa shape index (κ2) is 8.49. The van der Waals surface area contributed by atoms with Crippen LogP contribution in [-0.2, 0) is 11.2 Å². The fourth-order valence-corrected chi connectivity index (χ4v) is 4.66. The molecule has 0 saturated carbocycles. The Balaban J connectivity index is 1.68. The lowest BCUT2D eigenvalue weighted by Crippen LogP contribution is -2.52. The number of nitrogens with zero attached hydrogens (tertiary/aromatic N) is 2. The molecule has 4 rings (SSSR count). The van der Waals surface area contributed by atoms with Gasteiger partial charge in [-0.25, -0.2) is 0 Å². The van der Waals surface area contributed by atoms with Crippen molar-refractivity contribution in [3.63, 3.8) is 0 Å². The van der Waals surface area contributed by atoms with Gasteiger partial charge in [-0.2, -0.15) is 0 Å². The van der Waals surface area contributed by atoms with E-state index in [1.807, 2.05) is 6.07 Å². The van der Waals surface area contributed by atoms with E-state index >= 15 is 0 Å². The summed E-state index contributed by atoms with van der Waals surface area (Å²) in [6, 6.07) is 9.16. The molecule has 7 heteroatoms. The summed E-state index contributed by atoms with van der Waals surface area (Å²) < 4.78 is 11.0. The normalized spacial score (nSPS) is 18.2. The fourth-order valence-electron chi connectivity index (χ4n) is 4.66. The van der Waals surface area contributed by atoms with Crippen LogP contribution in [0, 0.1) is 0 Å². The number of rotatable bonds is 6. The Labute approximate surface area is 187 Å². The SMILES string of the molecule is C=CC[C@@H]1c2c(cc(OC)cc2OC)CCN1C(=O)[C@H](C)N1C(=O)c2ccccc2C1=O. The van der Waals surface area contributed by atoms with E-state index in [0.29, 0.717) is 42.0 Å². The Morgan fingerprint density at radius 1 is 1.16 bits per heavy atom. The Morgan fingerprint density at radius 3 is 2.38 bits per heavy atom. The van der Waals surface area contributed by atoms with Crippen LogP contribution in [0.15, 0.2) is 49.1 Å². The number of carbonyl (C=O) groups is 3. The van der Waals surface area contributed by atoms with E-state index in [0.717, 1.165) is 16.0 Å². The van der Waals surface area contributed by atoms with E-state index in [9.17, 15) is 14.4 Å². The van der Waals surface area contributed by atoms with Crippen LogP contribution >= 0.6 is 0 Å². The third-order valence-corrected chi connectivity index (χ3v) is 6.23. The molecule has 2 aromatic carbocycles. The third kappa shape index (κ3) is 3.34. The number of amides is 3. The molecule has 0 spiro atoms. The molecule has 0 unspecified atom stereocenters. The number of ether oxygens (including phenoxy) is 2. The maximum Gasteiger partial charge on any atom is 0.262 e. The van der Waals surface area contributed by atoms with Gasteiger partial charge in [0.2, 0.25) is 5.91 Å². The standard InChI is InChI=1S/C25H26N2O5/c1-5-8-20-22-16(13-17(31-3)14-21(22)32-4)11-12-26(20)23(28)15(2)27-24(29)18-9-6-7-10-19(18)25(27)30/h5-7,9-10,13-15,20H,1,8,11-12H2,2-4H3/t15-,20+/m0/s1. The summed E-state index contributed by atoms with van der Waals surface area (Å²) in [6.45, 7) is 5.92. The van der Waals surface area contributed by atoms with Gasteiger partial charge < -0.3 is 14.4 Å². The first-order valence-corrected chi connectivity index (χ1v) is 10.6. The molecule has 32 heavy (non-hydrogen) atoms. The van der Waals surface area contributed by atoms with Crippen LogP contribution in [0.3, 0.4) is 0 Å². The molecule has 0 fully saturated rings. The second-order valence-corrected chi connectivity index (χ2v) is 7.93. The largest absolute Gasteiger partial charge is 0.497 e. The molecule has 0 saturated heterocycles. The minimum atomic E-state index is -0.930. The maximum absolute atomic E-state index is 13.6. The molecule has 166 valence electrons. The molecular formula is C25H26N2O5. The Kier molecular flexibility index (Phi) is 5.74. The van der Waals surface area contributed by atoms with Gasteiger partial charge in [0.1, 0.15) is 17.5 Å². The van der Waals surface area contributed by atoms with Gasteiger partial charge in [0.15, 0.2) is 0 Å². The molecule has 2 atom stereocenters. The monoisotopic (exact) mass is 434 g/mol. The van der Waals surface area contributed by atoms with E-state index < -0.39 is 17.9 Å². The van der Waals surface area contributed by atoms with E-state index in [-0.39, 0.29) is 11.9 Å². The molecule has 3 amide bonds. The lowest BCUT2D eigenvalue weighted by Gasteiger charge is -2.40. The predicted octanol–water partition coefficient (Wildman–Crippen LogP) is 3.39. The van der Waals surface area contributed by atoms with E-state index in [1.54, 1.807) is 62.5 Å². The molecule has 2 heterocycles. The topological polar surface area (TPSA) is 76.2 Å². The molecule has 2 aromatic rings. The number of methoxy groups -OCH3 is 2. The van der Waals surface area contributed by atoms with Gasteiger partial charge in [0.25, 0.3) is 11.8 Å². The van der Waals surface area contributed by atoms with Gasteiger partial charge >= 0.3 is 0 Å². The van der Waals surface area contributed by atoms with Gasteiger partial charge in [-0.3, -0.25) is 19.3 Å².